The summed E-state index contributed by atoms with van der Waals surface area (Å²) in [6, 6.07) is 5.14. The normalized spacial score (nSPS) is 17.0. The number of nitrogens with zero attached hydrogens (tertiary/aromatic N) is 3. The first-order valence-corrected chi connectivity index (χ1v) is 7.21. The van der Waals surface area contributed by atoms with E-state index >= 15 is 0 Å². The van der Waals surface area contributed by atoms with Gasteiger partial charge in [0.05, 0.1) is 6.61 Å². The summed E-state index contributed by atoms with van der Waals surface area (Å²) in [7, 11) is 1.71. The van der Waals surface area contributed by atoms with Crippen LogP contribution in [0, 0.1) is 0 Å². The predicted octanol–water partition coefficient (Wildman–Crippen LogP) is 1.53. The molecule has 0 aliphatic carbocycles. The van der Waals surface area contributed by atoms with E-state index in [0.29, 0.717) is 10.8 Å². The van der Waals surface area contributed by atoms with Gasteiger partial charge in [-0.3, -0.25) is 9.69 Å². The second-order valence-electron chi connectivity index (χ2n) is 4.83. The molecule has 0 radical (unpaired) electrons. The molecule has 20 heavy (non-hydrogen) atoms. The molecular formula is C14H20ClN3O2. The zero-order valence-corrected chi connectivity index (χ0v) is 12.5. The molecule has 2 heterocycles. The lowest BCUT2D eigenvalue weighted by Crippen LogP contribution is -2.36. The van der Waals surface area contributed by atoms with E-state index in [-0.39, 0.29) is 5.91 Å². The molecule has 2 rings (SSSR count). The molecule has 0 aromatic carbocycles. The van der Waals surface area contributed by atoms with Crippen molar-refractivity contribution < 1.29 is 9.53 Å². The molecule has 6 heteroatoms. The van der Waals surface area contributed by atoms with Gasteiger partial charge in [-0.25, -0.2) is 4.98 Å². The monoisotopic (exact) mass is 297 g/mol. The average Bonchev–Trinajstić information content (AvgIpc) is 2.70. The Kier molecular flexibility index (Phi) is 5.76. The van der Waals surface area contributed by atoms with Crippen molar-refractivity contribution in [3.63, 3.8) is 0 Å². The molecule has 0 N–H and O–H groups in total. The van der Waals surface area contributed by atoms with Crippen LogP contribution in [0.5, 0.6) is 0 Å². The average molecular weight is 298 g/mol. The number of amides is 1. The van der Waals surface area contributed by atoms with Gasteiger partial charge in [0.2, 0.25) is 0 Å². The van der Waals surface area contributed by atoms with Crippen molar-refractivity contribution in [1.82, 2.24) is 14.8 Å². The molecule has 0 unspecified atom stereocenters. The first kappa shape index (κ1) is 15.2. The van der Waals surface area contributed by atoms with Crippen LogP contribution in [0.25, 0.3) is 0 Å². The minimum absolute atomic E-state index is 0.0407. The van der Waals surface area contributed by atoms with Gasteiger partial charge in [0.15, 0.2) is 0 Å². The lowest BCUT2D eigenvalue weighted by molar-refractivity contribution is 0.0753. The van der Waals surface area contributed by atoms with E-state index in [0.717, 1.165) is 45.8 Å². The third-order valence-electron chi connectivity index (χ3n) is 3.42. The van der Waals surface area contributed by atoms with E-state index < -0.39 is 0 Å². The summed E-state index contributed by atoms with van der Waals surface area (Å²) in [5.41, 5.74) is 0.419. The second-order valence-corrected chi connectivity index (χ2v) is 5.21. The predicted molar refractivity (Wildman–Crippen MR) is 78.1 cm³/mol. The molecule has 1 aromatic rings. The molecule has 1 aliphatic heterocycles. The quantitative estimate of drug-likeness (QED) is 0.791. The minimum atomic E-state index is -0.0407. The van der Waals surface area contributed by atoms with Gasteiger partial charge >= 0.3 is 0 Å². The van der Waals surface area contributed by atoms with Gasteiger partial charge in [-0.2, -0.15) is 0 Å². The molecule has 0 bridgehead atoms. The molecule has 0 spiro atoms. The summed E-state index contributed by atoms with van der Waals surface area (Å²) in [4.78, 5) is 20.6. The van der Waals surface area contributed by atoms with E-state index in [9.17, 15) is 4.79 Å². The number of carbonyl (C=O) groups excluding carboxylic acids is 1. The maximum absolute atomic E-state index is 12.4. The van der Waals surface area contributed by atoms with Crippen molar-refractivity contribution in [2.75, 3.05) is 46.4 Å². The first-order chi connectivity index (χ1) is 9.70. The maximum atomic E-state index is 12.4. The van der Waals surface area contributed by atoms with Crippen molar-refractivity contribution in [2.45, 2.75) is 6.42 Å². The topological polar surface area (TPSA) is 45.7 Å². The lowest BCUT2D eigenvalue weighted by Gasteiger charge is -2.21. The summed E-state index contributed by atoms with van der Waals surface area (Å²) in [6.45, 7) is 4.98. The van der Waals surface area contributed by atoms with Gasteiger partial charge in [-0.1, -0.05) is 17.7 Å². The molecular weight excluding hydrogens is 278 g/mol. The van der Waals surface area contributed by atoms with Crippen molar-refractivity contribution in [2.24, 2.45) is 0 Å². The standard InChI is InChI=1S/C14H20ClN3O2/c1-20-11-10-17-6-3-7-18(9-8-17)14(19)12-4-2-5-13(15)16-12/h2,4-5H,3,6-11H2,1H3. The third kappa shape index (κ3) is 4.16. The Morgan fingerprint density at radius 3 is 2.95 bits per heavy atom. The van der Waals surface area contributed by atoms with Crippen LogP contribution in [-0.2, 0) is 4.74 Å². The van der Waals surface area contributed by atoms with Crippen LogP contribution in [-0.4, -0.2) is 67.1 Å². The Labute approximate surface area is 124 Å². The number of aromatic nitrogens is 1. The summed E-state index contributed by atoms with van der Waals surface area (Å²) in [6.07, 6.45) is 0.968. The van der Waals surface area contributed by atoms with Crippen molar-refractivity contribution >= 4 is 17.5 Å². The highest BCUT2D eigenvalue weighted by Gasteiger charge is 2.21. The molecule has 5 nitrogen and oxygen atoms in total. The fourth-order valence-electron chi connectivity index (χ4n) is 2.31. The summed E-state index contributed by atoms with van der Waals surface area (Å²) < 4.78 is 5.10. The van der Waals surface area contributed by atoms with Gasteiger partial charge < -0.3 is 9.64 Å². The van der Waals surface area contributed by atoms with Crippen molar-refractivity contribution in [3.05, 3.63) is 29.0 Å². The van der Waals surface area contributed by atoms with Gasteiger partial charge in [0.1, 0.15) is 10.8 Å². The van der Waals surface area contributed by atoms with Crippen LogP contribution in [0.15, 0.2) is 18.2 Å². The number of hydrogen-bond donors (Lipinski definition) is 0. The summed E-state index contributed by atoms with van der Waals surface area (Å²) >= 11 is 5.84. The van der Waals surface area contributed by atoms with Crippen LogP contribution >= 0.6 is 11.6 Å². The Balaban J connectivity index is 1.94. The lowest BCUT2D eigenvalue weighted by atomic mass is 10.3. The number of methoxy groups -OCH3 is 1. The van der Waals surface area contributed by atoms with Crippen LogP contribution in [0.1, 0.15) is 16.9 Å². The molecule has 1 amide bonds. The molecule has 110 valence electrons. The second kappa shape index (κ2) is 7.57. The van der Waals surface area contributed by atoms with E-state index in [1.54, 1.807) is 25.3 Å². The van der Waals surface area contributed by atoms with E-state index in [1.165, 1.54) is 0 Å². The van der Waals surface area contributed by atoms with Crippen molar-refractivity contribution in [3.8, 4) is 0 Å². The molecule has 1 aliphatic rings. The maximum Gasteiger partial charge on any atom is 0.272 e. The summed E-state index contributed by atoms with van der Waals surface area (Å²) in [5, 5.41) is 0.354. The molecule has 0 saturated carbocycles. The van der Waals surface area contributed by atoms with Crippen LogP contribution < -0.4 is 0 Å². The van der Waals surface area contributed by atoms with Gasteiger partial charge in [-0.15, -0.1) is 0 Å². The number of ether oxygens (including phenoxy) is 1. The Morgan fingerprint density at radius 1 is 1.35 bits per heavy atom. The minimum Gasteiger partial charge on any atom is -0.383 e. The van der Waals surface area contributed by atoms with E-state index in [1.807, 2.05) is 4.90 Å². The smallest absolute Gasteiger partial charge is 0.272 e. The van der Waals surface area contributed by atoms with Crippen LogP contribution in [0.3, 0.4) is 0 Å². The fraction of sp³-hybridized carbons (Fsp3) is 0.571. The van der Waals surface area contributed by atoms with Crippen LogP contribution in [0.2, 0.25) is 5.15 Å². The highest BCUT2D eigenvalue weighted by Crippen LogP contribution is 2.10. The van der Waals surface area contributed by atoms with E-state index in [2.05, 4.69) is 9.88 Å². The molecule has 1 aromatic heterocycles. The number of carbonyl (C=O) groups is 1. The van der Waals surface area contributed by atoms with E-state index in [4.69, 9.17) is 16.3 Å². The zero-order chi connectivity index (χ0) is 14.4. The zero-order valence-electron chi connectivity index (χ0n) is 11.7. The van der Waals surface area contributed by atoms with Gasteiger partial charge in [0.25, 0.3) is 5.91 Å². The molecule has 1 fully saturated rings. The Bertz CT molecular complexity index is 456. The third-order valence-corrected chi connectivity index (χ3v) is 3.63. The van der Waals surface area contributed by atoms with Gasteiger partial charge in [-0.05, 0) is 25.1 Å². The highest BCUT2D eigenvalue weighted by atomic mass is 35.5. The Morgan fingerprint density at radius 2 is 2.20 bits per heavy atom. The van der Waals surface area contributed by atoms with Crippen LogP contribution in [0.4, 0.5) is 0 Å². The Hall–Kier alpha value is -1.17. The number of rotatable bonds is 4. The van der Waals surface area contributed by atoms with Gasteiger partial charge in [0, 0.05) is 33.3 Å². The van der Waals surface area contributed by atoms with Crippen molar-refractivity contribution in [1.29, 1.82) is 0 Å². The molecule has 1 saturated heterocycles. The highest BCUT2D eigenvalue weighted by molar-refractivity contribution is 6.29. The SMILES string of the molecule is COCCN1CCCN(C(=O)c2cccc(Cl)n2)CC1. The fourth-order valence-corrected chi connectivity index (χ4v) is 2.47. The molecule has 0 atom stereocenters. The number of halogens is 1. The number of pyridine rings is 1. The number of hydrogen-bond acceptors (Lipinski definition) is 4. The first-order valence-electron chi connectivity index (χ1n) is 6.84. The summed E-state index contributed by atoms with van der Waals surface area (Å²) in [5.74, 6) is -0.0407. The largest absolute Gasteiger partial charge is 0.383 e.